The van der Waals surface area contributed by atoms with Crippen LogP contribution in [0.2, 0.25) is 0 Å². The van der Waals surface area contributed by atoms with Crippen molar-refractivity contribution in [2.24, 2.45) is 23.7 Å². The molecule has 1 saturated carbocycles. The molecule has 2 N–H and O–H groups in total. The minimum Gasteiger partial charge on any atom is -0.481 e. The third-order valence-electron chi connectivity index (χ3n) is 9.59. The molecule has 0 unspecified atom stereocenters. The second kappa shape index (κ2) is 16.9. The maximum atomic E-state index is 14.0. The Hall–Kier alpha value is -5.24. The standard InChI is InChI=1S/C42H46N2O6/c1-3-23-43(27-33-19-15-31(16-20-33)25-29-11-7-5-8-12-29)39(45)35-37(41(47)48)36(38(35)42(49)50)40(46)44(24-4-2)28-34-21-17-32(18-22-34)26-30-13-9-6-10-14-30/h5-22,35-38H,3-4,23-28H2,1-2H3,(H,47,48)(H,49,50). The molecular formula is C42H46N2O6. The number of benzene rings is 4. The summed E-state index contributed by atoms with van der Waals surface area (Å²) in [6.07, 6.45) is 2.75. The number of amides is 2. The molecule has 4 aromatic rings. The Morgan fingerprint density at radius 2 is 0.760 bits per heavy atom. The first-order chi connectivity index (χ1) is 24.2. The van der Waals surface area contributed by atoms with Gasteiger partial charge in [-0.1, -0.05) is 123 Å². The number of carboxylic acids is 2. The Labute approximate surface area is 294 Å². The molecule has 0 atom stereocenters. The van der Waals surface area contributed by atoms with Crippen LogP contribution in [-0.4, -0.2) is 56.9 Å². The highest BCUT2D eigenvalue weighted by atomic mass is 16.4. The molecule has 8 heteroatoms. The topological polar surface area (TPSA) is 115 Å². The van der Waals surface area contributed by atoms with Crippen molar-refractivity contribution < 1.29 is 29.4 Å². The molecule has 0 spiro atoms. The molecule has 4 aromatic carbocycles. The van der Waals surface area contributed by atoms with Crippen LogP contribution in [0.1, 0.15) is 60.1 Å². The first kappa shape index (κ1) is 36.1. The first-order valence-corrected chi connectivity index (χ1v) is 17.5. The summed E-state index contributed by atoms with van der Waals surface area (Å²) < 4.78 is 0. The number of aliphatic carboxylic acids is 2. The number of carbonyl (C=O) groups excluding carboxylic acids is 2. The van der Waals surface area contributed by atoms with E-state index in [-0.39, 0.29) is 13.1 Å². The van der Waals surface area contributed by atoms with Crippen molar-refractivity contribution in [3.8, 4) is 0 Å². The van der Waals surface area contributed by atoms with Gasteiger partial charge in [0.15, 0.2) is 0 Å². The minimum absolute atomic E-state index is 0.217. The van der Waals surface area contributed by atoms with Gasteiger partial charge >= 0.3 is 11.9 Å². The summed E-state index contributed by atoms with van der Waals surface area (Å²) in [6, 6.07) is 36.0. The normalized spacial score (nSPS) is 18.1. The monoisotopic (exact) mass is 674 g/mol. The molecule has 5 rings (SSSR count). The smallest absolute Gasteiger partial charge is 0.308 e. The van der Waals surface area contributed by atoms with Crippen LogP contribution in [0.3, 0.4) is 0 Å². The summed E-state index contributed by atoms with van der Waals surface area (Å²) in [4.78, 5) is 56.6. The molecule has 0 aliphatic heterocycles. The van der Waals surface area contributed by atoms with E-state index in [2.05, 4.69) is 24.3 Å². The van der Waals surface area contributed by atoms with Gasteiger partial charge in [0.1, 0.15) is 0 Å². The predicted molar refractivity (Wildman–Crippen MR) is 192 cm³/mol. The van der Waals surface area contributed by atoms with Crippen molar-refractivity contribution in [2.45, 2.75) is 52.6 Å². The van der Waals surface area contributed by atoms with Crippen LogP contribution in [0, 0.1) is 23.7 Å². The molecule has 1 aliphatic rings. The number of carboxylic acid groups (broad SMARTS) is 2. The zero-order valence-electron chi connectivity index (χ0n) is 28.8. The molecule has 1 aliphatic carbocycles. The summed E-state index contributed by atoms with van der Waals surface area (Å²) in [5, 5.41) is 20.7. The molecule has 260 valence electrons. The van der Waals surface area contributed by atoms with Crippen LogP contribution in [-0.2, 0) is 45.1 Å². The van der Waals surface area contributed by atoms with Crippen molar-refractivity contribution in [3.05, 3.63) is 143 Å². The Morgan fingerprint density at radius 3 is 1.06 bits per heavy atom. The average molecular weight is 675 g/mol. The van der Waals surface area contributed by atoms with Crippen LogP contribution >= 0.6 is 0 Å². The van der Waals surface area contributed by atoms with E-state index in [1.807, 2.05) is 98.8 Å². The van der Waals surface area contributed by atoms with Gasteiger partial charge in [-0.3, -0.25) is 19.2 Å². The Morgan fingerprint density at radius 1 is 0.460 bits per heavy atom. The van der Waals surface area contributed by atoms with Gasteiger partial charge in [0, 0.05) is 26.2 Å². The van der Waals surface area contributed by atoms with Crippen molar-refractivity contribution in [2.75, 3.05) is 13.1 Å². The van der Waals surface area contributed by atoms with Gasteiger partial charge in [0.2, 0.25) is 11.8 Å². The lowest BCUT2D eigenvalue weighted by Crippen LogP contribution is -2.64. The maximum absolute atomic E-state index is 14.0. The number of rotatable bonds is 16. The van der Waals surface area contributed by atoms with Gasteiger partial charge in [-0.25, -0.2) is 0 Å². The molecule has 0 heterocycles. The summed E-state index contributed by atoms with van der Waals surface area (Å²) >= 11 is 0. The van der Waals surface area contributed by atoms with Crippen LogP contribution in [0.4, 0.5) is 0 Å². The molecule has 1 fully saturated rings. The third kappa shape index (κ3) is 8.67. The molecule has 0 radical (unpaired) electrons. The molecular weight excluding hydrogens is 628 g/mol. The van der Waals surface area contributed by atoms with Crippen molar-refractivity contribution in [1.29, 1.82) is 0 Å². The van der Waals surface area contributed by atoms with Gasteiger partial charge in [0.25, 0.3) is 0 Å². The number of carbonyl (C=O) groups is 4. The number of hydrogen-bond acceptors (Lipinski definition) is 4. The first-order valence-electron chi connectivity index (χ1n) is 17.5. The van der Waals surface area contributed by atoms with Crippen LogP contribution < -0.4 is 0 Å². The second-order valence-corrected chi connectivity index (χ2v) is 13.3. The lowest BCUT2D eigenvalue weighted by molar-refractivity contribution is -0.187. The SMILES string of the molecule is CCCN(Cc1ccc(Cc2ccccc2)cc1)C(=O)C1C(C(=O)O)C(C(=O)N(CCC)Cc2ccc(Cc3ccccc3)cc2)C1C(=O)O. The largest absolute Gasteiger partial charge is 0.481 e. The molecule has 50 heavy (non-hydrogen) atoms. The predicted octanol–water partition coefficient (Wildman–Crippen LogP) is 6.69. The lowest BCUT2D eigenvalue weighted by atomic mass is 9.55. The van der Waals surface area contributed by atoms with Crippen LogP contribution in [0.5, 0.6) is 0 Å². The zero-order chi connectivity index (χ0) is 35.6. The van der Waals surface area contributed by atoms with Crippen molar-refractivity contribution >= 4 is 23.8 Å². The molecule has 0 aromatic heterocycles. The quantitative estimate of drug-likeness (QED) is 0.137. The average Bonchev–Trinajstić information content (AvgIpc) is 3.09. The van der Waals surface area contributed by atoms with E-state index in [9.17, 15) is 29.4 Å². The molecule has 0 bridgehead atoms. The Balaban J connectivity index is 1.31. The van der Waals surface area contributed by atoms with Crippen molar-refractivity contribution in [3.63, 3.8) is 0 Å². The third-order valence-corrected chi connectivity index (χ3v) is 9.59. The highest BCUT2D eigenvalue weighted by Gasteiger charge is 2.64. The fourth-order valence-electron chi connectivity index (χ4n) is 7.10. The fourth-order valence-corrected chi connectivity index (χ4v) is 7.10. The number of nitrogens with zero attached hydrogens (tertiary/aromatic N) is 2. The summed E-state index contributed by atoms with van der Waals surface area (Å²) in [7, 11) is 0. The minimum atomic E-state index is -1.43. The van der Waals surface area contributed by atoms with E-state index >= 15 is 0 Å². The molecule has 2 amide bonds. The summed E-state index contributed by atoms with van der Waals surface area (Å²) in [5.74, 6) is -9.30. The van der Waals surface area contributed by atoms with E-state index in [1.54, 1.807) is 9.80 Å². The van der Waals surface area contributed by atoms with Crippen LogP contribution in [0.15, 0.2) is 109 Å². The highest BCUT2D eigenvalue weighted by Crippen LogP contribution is 2.49. The zero-order valence-corrected chi connectivity index (χ0v) is 28.8. The van der Waals surface area contributed by atoms with E-state index in [0.717, 1.165) is 35.1 Å². The van der Waals surface area contributed by atoms with Gasteiger partial charge in [-0.2, -0.15) is 0 Å². The summed E-state index contributed by atoms with van der Waals surface area (Å²) in [6.45, 7) is 4.93. The van der Waals surface area contributed by atoms with Gasteiger partial charge in [0.05, 0.1) is 23.7 Å². The van der Waals surface area contributed by atoms with E-state index in [4.69, 9.17) is 0 Å². The van der Waals surface area contributed by atoms with E-state index in [0.29, 0.717) is 25.9 Å². The Kier molecular flexibility index (Phi) is 12.2. The number of hydrogen-bond donors (Lipinski definition) is 2. The van der Waals surface area contributed by atoms with Gasteiger partial charge in [-0.15, -0.1) is 0 Å². The molecule has 0 saturated heterocycles. The van der Waals surface area contributed by atoms with E-state index in [1.165, 1.54) is 11.1 Å². The summed E-state index contributed by atoms with van der Waals surface area (Å²) in [5.41, 5.74) is 6.32. The van der Waals surface area contributed by atoms with Gasteiger partial charge in [-0.05, 0) is 59.1 Å². The molecule has 8 nitrogen and oxygen atoms in total. The Bertz CT molecular complexity index is 1600. The second-order valence-electron chi connectivity index (χ2n) is 13.3. The maximum Gasteiger partial charge on any atom is 0.308 e. The van der Waals surface area contributed by atoms with E-state index < -0.39 is 47.4 Å². The highest BCUT2D eigenvalue weighted by molar-refractivity contribution is 5.99. The van der Waals surface area contributed by atoms with Crippen molar-refractivity contribution in [1.82, 2.24) is 9.80 Å². The van der Waals surface area contributed by atoms with Crippen LogP contribution in [0.25, 0.3) is 0 Å². The lowest BCUT2D eigenvalue weighted by Gasteiger charge is -2.48. The van der Waals surface area contributed by atoms with Gasteiger partial charge < -0.3 is 20.0 Å². The fraction of sp³-hybridized carbons (Fsp3) is 0.333.